The van der Waals surface area contributed by atoms with Gasteiger partial charge in [0.1, 0.15) is 6.61 Å². The number of hydrogen-bond donors (Lipinski definition) is 0. The minimum atomic E-state index is -0.0690. The minimum Gasteiger partial charge on any atom is -0.461 e. The van der Waals surface area contributed by atoms with Gasteiger partial charge in [0.2, 0.25) is 0 Å². The first-order valence-electron chi connectivity index (χ1n) is 8.14. The molecule has 0 N–H and O–H groups in total. The van der Waals surface area contributed by atoms with E-state index in [9.17, 15) is 4.79 Å². The van der Waals surface area contributed by atoms with Crippen molar-refractivity contribution in [1.29, 1.82) is 0 Å². The molecular formula is C20H28O2. The molecule has 0 radical (unpaired) electrons. The van der Waals surface area contributed by atoms with Gasteiger partial charge in [-0.15, -0.1) is 0 Å². The van der Waals surface area contributed by atoms with Crippen LogP contribution >= 0.6 is 0 Å². The van der Waals surface area contributed by atoms with Crippen molar-refractivity contribution in [2.75, 3.05) is 0 Å². The van der Waals surface area contributed by atoms with Gasteiger partial charge in [0.05, 0.1) is 5.92 Å². The van der Waals surface area contributed by atoms with Gasteiger partial charge in [-0.3, -0.25) is 4.79 Å². The smallest absolute Gasteiger partial charge is 0.310 e. The van der Waals surface area contributed by atoms with E-state index in [1.165, 1.54) is 11.1 Å². The van der Waals surface area contributed by atoms with E-state index in [4.69, 9.17) is 4.74 Å². The summed E-state index contributed by atoms with van der Waals surface area (Å²) in [6.45, 7) is 13.1. The molecule has 0 amide bonds. The van der Waals surface area contributed by atoms with Gasteiger partial charge in [0, 0.05) is 0 Å². The topological polar surface area (TPSA) is 26.3 Å². The maximum atomic E-state index is 12.3. The van der Waals surface area contributed by atoms with Gasteiger partial charge in [0.15, 0.2) is 0 Å². The molecule has 1 aromatic rings. The van der Waals surface area contributed by atoms with Gasteiger partial charge in [-0.2, -0.15) is 0 Å². The van der Waals surface area contributed by atoms with E-state index in [1.807, 2.05) is 12.1 Å². The van der Waals surface area contributed by atoms with Crippen LogP contribution in [0.2, 0.25) is 0 Å². The Morgan fingerprint density at radius 3 is 2.32 bits per heavy atom. The predicted molar refractivity (Wildman–Crippen MR) is 90.5 cm³/mol. The molecule has 1 saturated carbocycles. The molecular weight excluding hydrogens is 272 g/mol. The molecule has 0 spiro atoms. The quantitative estimate of drug-likeness (QED) is 0.559. The lowest BCUT2D eigenvalue weighted by Crippen LogP contribution is -2.10. The van der Waals surface area contributed by atoms with Gasteiger partial charge in [-0.1, -0.05) is 63.6 Å². The lowest BCUT2D eigenvalue weighted by molar-refractivity contribution is -0.147. The van der Waals surface area contributed by atoms with E-state index in [2.05, 4.69) is 59.8 Å². The lowest BCUT2D eigenvalue weighted by Gasteiger charge is -2.08. The number of carbonyl (C=O) groups excluding carboxylic acids is 1. The number of carbonyl (C=O) groups is 1. The molecule has 0 saturated heterocycles. The molecule has 0 bridgehead atoms. The standard InChI is InChI=1S/C20H28O2/c1-13(2)11-17-18(20(17,5)6)19(21)22-12-15-7-9-16(10-8-15)14(3)4/h7-11,14,17-18H,12H2,1-6H3. The fourth-order valence-electron chi connectivity index (χ4n) is 3.04. The normalized spacial score (nSPS) is 22.3. The van der Waals surface area contributed by atoms with Crippen LogP contribution in [0.15, 0.2) is 35.9 Å². The van der Waals surface area contributed by atoms with E-state index in [-0.39, 0.29) is 17.3 Å². The zero-order chi connectivity index (χ0) is 16.5. The maximum absolute atomic E-state index is 12.3. The molecule has 0 aliphatic heterocycles. The Balaban J connectivity index is 1.92. The molecule has 2 heteroatoms. The number of allylic oxidation sites excluding steroid dienone is 2. The van der Waals surface area contributed by atoms with Gasteiger partial charge in [-0.05, 0) is 42.2 Å². The highest BCUT2D eigenvalue weighted by Crippen LogP contribution is 2.59. The van der Waals surface area contributed by atoms with Gasteiger partial charge >= 0.3 is 5.97 Å². The fourth-order valence-corrected chi connectivity index (χ4v) is 3.04. The van der Waals surface area contributed by atoms with Crippen LogP contribution in [0.4, 0.5) is 0 Å². The summed E-state index contributed by atoms with van der Waals surface area (Å²) in [6.07, 6.45) is 2.20. The second-order valence-corrected chi connectivity index (χ2v) is 7.57. The van der Waals surface area contributed by atoms with Crippen molar-refractivity contribution in [2.24, 2.45) is 17.3 Å². The van der Waals surface area contributed by atoms with Crippen LogP contribution in [0.5, 0.6) is 0 Å². The van der Waals surface area contributed by atoms with E-state index in [0.29, 0.717) is 18.4 Å². The highest BCUT2D eigenvalue weighted by Gasteiger charge is 2.61. The number of hydrogen-bond acceptors (Lipinski definition) is 2. The van der Waals surface area contributed by atoms with Crippen molar-refractivity contribution in [2.45, 2.75) is 54.1 Å². The third-order valence-corrected chi connectivity index (χ3v) is 4.70. The molecule has 1 fully saturated rings. The molecule has 1 aliphatic carbocycles. The number of esters is 1. The van der Waals surface area contributed by atoms with Crippen LogP contribution in [0.3, 0.4) is 0 Å². The first-order chi connectivity index (χ1) is 10.2. The Morgan fingerprint density at radius 1 is 1.23 bits per heavy atom. The van der Waals surface area contributed by atoms with Crippen molar-refractivity contribution in [3.63, 3.8) is 0 Å². The largest absolute Gasteiger partial charge is 0.461 e. The summed E-state index contributed by atoms with van der Waals surface area (Å²) in [7, 11) is 0. The zero-order valence-corrected chi connectivity index (χ0v) is 14.6. The van der Waals surface area contributed by atoms with Crippen molar-refractivity contribution < 1.29 is 9.53 Å². The highest BCUT2D eigenvalue weighted by atomic mass is 16.5. The van der Waals surface area contributed by atoms with Gasteiger partial charge in [-0.25, -0.2) is 0 Å². The van der Waals surface area contributed by atoms with E-state index >= 15 is 0 Å². The molecule has 2 atom stereocenters. The molecule has 120 valence electrons. The number of ether oxygens (including phenoxy) is 1. The van der Waals surface area contributed by atoms with Crippen LogP contribution in [0.25, 0.3) is 0 Å². The lowest BCUT2D eigenvalue weighted by atomic mass is 10.0. The van der Waals surface area contributed by atoms with Crippen molar-refractivity contribution in [3.8, 4) is 0 Å². The first kappa shape index (κ1) is 16.8. The van der Waals surface area contributed by atoms with Gasteiger partial charge < -0.3 is 4.74 Å². The van der Waals surface area contributed by atoms with Crippen LogP contribution in [0.1, 0.15) is 58.6 Å². The molecule has 2 unspecified atom stereocenters. The Kier molecular flexibility index (Phi) is 4.79. The summed E-state index contributed by atoms with van der Waals surface area (Å²) in [5.41, 5.74) is 3.64. The van der Waals surface area contributed by atoms with Crippen molar-refractivity contribution in [3.05, 3.63) is 47.0 Å². The van der Waals surface area contributed by atoms with Crippen LogP contribution in [0, 0.1) is 17.3 Å². The summed E-state index contributed by atoms with van der Waals surface area (Å²) in [4.78, 5) is 12.3. The Labute approximate surface area is 134 Å². The average Bonchev–Trinajstić information content (AvgIpc) is 2.96. The zero-order valence-electron chi connectivity index (χ0n) is 14.6. The third-order valence-electron chi connectivity index (χ3n) is 4.70. The van der Waals surface area contributed by atoms with Crippen molar-refractivity contribution >= 4 is 5.97 Å². The summed E-state index contributed by atoms with van der Waals surface area (Å²) in [6, 6.07) is 8.32. The summed E-state index contributed by atoms with van der Waals surface area (Å²) in [5, 5.41) is 0. The second kappa shape index (κ2) is 6.28. The van der Waals surface area contributed by atoms with Crippen LogP contribution in [-0.4, -0.2) is 5.97 Å². The van der Waals surface area contributed by atoms with Gasteiger partial charge in [0.25, 0.3) is 0 Å². The summed E-state index contributed by atoms with van der Waals surface area (Å²) >= 11 is 0. The first-order valence-corrected chi connectivity index (χ1v) is 8.14. The third kappa shape index (κ3) is 3.60. The predicted octanol–water partition coefficient (Wildman–Crippen LogP) is 5.09. The van der Waals surface area contributed by atoms with Crippen LogP contribution in [-0.2, 0) is 16.1 Å². The molecule has 2 rings (SSSR count). The maximum Gasteiger partial charge on any atom is 0.310 e. The molecule has 22 heavy (non-hydrogen) atoms. The van der Waals surface area contributed by atoms with Crippen LogP contribution < -0.4 is 0 Å². The molecule has 1 aromatic carbocycles. The number of rotatable bonds is 5. The van der Waals surface area contributed by atoms with E-state index in [0.717, 1.165) is 5.56 Å². The van der Waals surface area contributed by atoms with E-state index in [1.54, 1.807) is 0 Å². The molecule has 1 aliphatic rings. The average molecular weight is 300 g/mol. The highest BCUT2D eigenvalue weighted by molar-refractivity contribution is 5.78. The summed E-state index contributed by atoms with van der Waals surface area (Å²) < 4.78 is 5.53. The fraction of sp³-hybridized carbons (Fsp3) is 0.550. The molecule has 2 nitrogen and oxygen atoms in total. The van der Waals surface area contributed by atoms with Crippen molar-refractivity contribution in [1.82, 2.24) is 0 Å². The molecule has 0 heterocycles. The second-order valence-electron chi connectivity index (χ2n) is 7.57. The Hall–Kier alpha value is -1.57. The monoisotopic (exact) mass is 300 g/mol. The summed E-state index contributed by atoms with van der Waals surface area (Å²) in [5.74, 6) is 0.764. The SMILES string of the molecule is CC(C)=CC1C(C(=O)OCc2ccc(C(C)C)cc2)C1(C)C. The minimum absolute atomic E-state index is 0.00247. The Bertz CT molecular complexity index is 560. The number of benzene rings is 1. The Morgan fingerprint density at radius 2 is 1.82 bits per heavy atom. The van der Waals surface area contributed by atoms with E-state index < -0.39 is 0 Å². The molecule has 0 aromatic heterocycles.